The van der Waals surface area contributed by atoms with Gasteiger partial charge in [0.2, 0.25) is 5.89 Å². The second-order valence-corrected chi connectivity index (χ2v) is 4.84. The summed E-state index contributed by atoms with van der Waals surface area (Å²) < 4.78 is 10.2. The van der Waals surface area contributed by atoms with Gasteiger partial charge in [0, 0.05) is 0 Å². The van der Waals surface area contributed by atoms with E-state index in [1.807, 2.05) is 6.92 Å². The average Bonchev–Trinajstić information content (AvgIpc) is 2.83. The van der Waals surface area contributed by atoms with E-state index in [1.165, 1.54) is 0 Å². The number of rotatable bonds is 7. The van der Waals surface area contributed by atoms with E-state index >= 15 is 0 Å². The van der Waals surface area contributed by atoms with E-state index in [4.69, 9.17) is 14.9 Å². The van der Waals surface area contributed by atoms with E-state index in [-0.39, 0.29) is 23.7 Å². The Bertz CT molecular complexity index is 383. The minimum Gasteiger partial charge on any atom is -0.465 e. The molecule has 0 aliphatic carbocycles. The first-order chi connectivity index (χ1) is 8.58. The van der Waals surface area contributed by atoms with Crippen molar-refractivity contribution in [2.75, 3.05) is 12.4 Å². The summed E-state index contributed by atoms with van der Waals surface area (Å²) in [5, 5.41) is 8.08. The highest BCUT2D eigenvalue weighted by atomic mass is 32.2. The molecule has 2 atom stereocenters. The van der Waals surface area contributed by atoms with Crippen LogP contribution in [0, 0.1) is 5.92 Å². The van der Waals surface area contributed by atoms with Crippen molar-refractivity contribution in [3.8, 4) is 0 Å². The standard InChI is InChI=1S/C11H19N3O3S/c1-4-7(3)9(12)10-13-14-11(17-10)18-6-8(15)16-5-2/h7,9H,4-6,12H2,1-3H3. The molecule has 0 amide bonds. The molecule has 1 aromatic heterocycles. The summed E-state index contributed by atoms with van der Waals surface area (Å²) in [4.78, 5) is 11.2. The van der Waals surface area contributed by atoms with Crippen molar-refractivity contribution in [2.45, 2.75) is 38.5 Å². The summed E-state index contributed by atoms with van der Waals surface area (Å²) in [5.41, 5.74) is 5.97. The van der Waals surface area contributed by atoms with Crippen LogP contribution >= 0.6 is 11.8 Å². The molecule has 2 N–H and O–H groups in total. The summed E-state index contributed by atoms with van der Waals surface area (Å²) >= 11 is 1.16. The number of ether oxygens (including phenoxy) is 1. The SMILES string of the molecule is CCOC(=O)CSc1nnc(C(N)C(C)CC)o1. The lowest BCUT2D eigenvalue weighted by molar-refractivity contribution is -0.139. The third-order valence-electron chi connectivity index (χ3n) is 2.58. The zero-order valence-electron chi connectivity index (χ0n) is 10.9. The lowest BCUT2D eigenvalue weighted by atomic mass is 10.0. The molecule has 0 spiro atoms. The van der Waals surface area contributed by atoms with Crippen molar-refractivity contribution < 1.29 is 13.9 Å². The first-order valence-corrected chi connectivity index (χ1v) is 6.94. The van der Waals surface area contributed by atoms with Gasteiger partial charge >= 0.3 is 5.97 Å². The molecule has 1 rings (SSSR count). The van der Waals surface area contributed by atoms with E-state index in [1.54, 1.807) is 6.92 Å². The number of aromatic nitrogens is 2. The van der Waals surface area contributed by atoms with Crippen LogP contribution in [-0.4, -0.2) is 28.5 Å². The number of thioether (sulfide) groups is 1. The summed E-state index contributed by atoms with van der Waals surface area (Å²) in [6.07, 6.45) is 0.939. The fourth-order valence-corrected chi connectivity index (χ4v) is 1.80. The first-order valence-electron chi connectivity index (χ1n) is 5.95. The maximum atomic E-state index is 11.2. The number of nitrogens with two attached hydrogens (primary N) is 1. The molecule has 0 aliphatic rings. The third-order valence-corrected chi connectivity index (χ3v) is 3.38. The highest BCUT2D eigenvalue weighted by Gasteiger charge is 2.20. The number of nitrogens with zero attached hydrogens (tertiary/aromatic N) is 2. The van der Waals surface area contributed by atoms with E-state index in [9.17, 15) is 4.79 Å². The van der Waals surface area contributed by atoms with Gasteiger partial charge in [0.15, 0.2) is 0 Å². The Morgan fingerprint density at radius 2 is 2.22 bits per heavy atom. The first kappa shape index (κ1) is 15.0. The molecule has 0 aliphatic heterocycles. The molecular formula is C11H19N3O3S. The van der Waals surface area contributed by atoms with Gasteiger partial charge in [0.1, 0.15) is 5.75 Å². The second-order valence-electron chi connectivity index (χ2n) is 3.91. The Kier molecular flexibility index (Phi) is 6.14. The van der Waals surface area contributed by atoms with Gasteiger partial charge in [-0.3, -0.25) is 4.79 Å². The van der Waals surface area contributed by atoms with Gasteiger partial charge in [-0.15, -0.1) is 10.2 Å². The number of esters is 1. The van der Waals surface area contributed by atoms with Crippen molar-refractivity contribution in [3.63, 3.8) is 0 Å². The van der Waals surface area contributed by atoms with Crippen LogP contribution in [0.3, 0.4) is 0 Å². The van der Waals surface area contributed by atoms with E-state index in [2.05, 4.69) is 17.1 Å². The van der Waals surface area contributed by atoms with Crippen LogP contribution in [0.1, 0.15) is 39.1 Å². The summed E-state index contributed by atoms with van der Waals surface area (Å²) in [5.74, 6) is 0.547. The van der Waals surface area contributed by atoms with E-state index < -0.39 is 0 Å². The van der Waals surface area contributed by atoms with Gasteiger partial charge in [0.05, 0.1) is 12.6 Å². The van der Waals surface area contributed by atoms with Crippen molar-refractivity contribution in [1.29, 1.82) is 0 Å². The monoisotopic (exact) mass is 273 g/mol. The zero-order chi connectivity index (χ0) is 13.5. The number of carbonyl (C=O) groups is 1. The predicted molar refractivity (Wildman–Crippen MR) is 68.0 cm³/mol. The third kappa shape index (κ3) is 4.30. The van der Waals surface area contributed by atoms with Gasteiger partial charge in [-0.1, -0.05) is 32.0 Å². The molecule has 1 heterocycles. The Balaban J connectivity index is 2.50. The maximum Gasteiger partial charge on any atom is 0.316 e. The quantitative estimate of drug-likeness (QED) is 0.598. The molecule has 102 valence electrons. The summed E-state index contributed by atoms with van der Waals surface area (Å²) in [6, 6.07) is -0.264. The number of carbonyl (C=O) groups excluding carboxylic acids is 1. The fraction of sp³-hybridized carbons (Fsp3) is 0.727. The molecule has 0 aromatic carbocycles. The van der Waals surface area contributed by atoms with E-state index in [0.717, 1.165) is 18.2 Å². The fourth-order valence-electron chi connectivity index (χ4n) is 1.23. The van der Waals surface area contributed by atoms with Gasteiger partial charge in [-0.2, -0.15) is 0 Å². The zero-order valence-corrected chi connectivity index (χ0v) is 11.7. The molecule has 1 aromatic rings. The average molecular weight is 273 g/mol. The Morgan fingerprint density at radius 3 is 2.83 bits per heavy atom. The summed E-state index contributed by atoms with van der Waals surface area (Å²) in [7, 11) is 0. The maximum absolute atomic E-state index is 11.2. The number of hydrogen-bond acceptors (Lipinski definition) is 7. The molecule has 2 unspecified atom stereocenters. The Hall–Kier alpha value is -1.08. The van der Waals surface area contributed by atoms with Crippen LogP contribution in [0.4, 0.5) is 0 Å². The molecule has 0 saturated carbocycles. The van der Waals surface area contributed by atoms with Crippen LogP contribution in [-0.2, 0) is 9.53 Å². The normalized spacial score (nSPS) is 14.2. The lowest BCUT2D eigenvalue weighted by Gasteiger charge is -2.13. The lowest BCUT2D eigenvalue weighted by Crippen LogP contribution is -2.18. The molecule has 7 heteroatoms. The van der Waals surface area contributed by atoms with Crippen molar-refractivity contribution in [1.82, 2.24) is 10.2 Å². The molecule has 0 bridgehead atoms. The van der Waals surface area contributed by atoms with Crippen molar-refractivity contribution in [2.24, 2.45) is 11.7 Å². The molecule has 0 fully saturated rings. The van der Waals surface area contributed by atoms with Crippen LogP contribution in [0.2, 0.25) is 0 Å². The highest BCUT2D eigenvalue weighted by molar-refractivity contribution is 7.99. The predicted octanol–water partition coefficient (Wildman–Crippen LogP) is 1.77. The molecule has 0 radical (unpaired) electrons. The molecular weight excluding hydrogens is 254 g/mol. The topological polar surface area (TPSA) is 91.2 Å². The minimum absolute atomic E-state index is 0.161. The van der Waals surface area contributed by atoms with Crippen LogP contribution in [0.5, 0.6) is 0 Å². The van der Waals surface area contributed by atoms with Crippen molar-refractivity contribution >= 4 is 17.7 Å². The number of hydrogen-bond donors (Lipinski definition) is 1. The summed E-state index contributed by atoms with van der Waals surface area (Å²) in [6.45, 7) is 6.21. The van der Waals surface area contributed by atoms with Crippen LogP contribution in [0.15, 0.2) is 9.64 Å². The second kappa shape index (κ2) is 7.38. The highest BCUT2D eigenvalue weighted by Crippen LogP contribution is 2.24. The van der Waals surface area contributed by atoms with Gasteiger partial charge < -0.3 is 14.9 Å². The van der Waals surface area contributed by atoms with Gasteiger partial charge in [-0.25, -0.2) is 0 Å². The Morgan fingerprint density at radius 1 is 1.50 bits per heavy atom. The van der Waals surface area contributed by atoms with Crippen molar-refractivity contribution in [3.05, 3.63) is 5.89 Å². The molecule has 18 heavy (non-hydrogen) atoms. The largest absolute Gasteiger partial charge is 0.465 e. The smallest absolute Gasteiger partial charge is 0.316 e. The van der Waals surface area contributed by atoms with E-state index in [0.29, 0.717) is 17.7 Å². The van der Waals surface area contributed by atoms with Gasteiger partial charge in [-0.05, 0) is 12.8 Å². The van der Waals surface area contributed by atoms with Crippen LogP contribution in [0.25, 0.3) is 0 Å². The van der Waals surface area contributed by atoms with Gasteiger partial charge in [0.25, 0.3) is 5.22 Å². The molecule has 0 saturated heterocycles. The van der Waals surface area contributed by atoms with Crippen LogP contribution < -0.4 is 5.73 Å². The Labute approximate surface area is 111 Å². The minimum atomic E-state index is -0.298. The molecule has 6 nitrogen and oxygen atoms in total.